The molecular weight excluding hydrogens is 294 g/mol. The molecular formula is C17H21N3OS. The van der Waals surface area contributed by atoms with Gasteiger partial charge in [-0.15, -0.1) is 11.3 Å². The summed E-state index contributed by atoms with van der Waals surface area (Å²) < 4.78 is 0. The van der Waals surface area contributed by atoms with Crippen molar-refractivity contribution in [3.63, 3.8) is 0 Å². The van der Waals surface area contributed by atoms with Gasteiger partial charge in [-0.25, -0.2) is 4.98 Å². The molecule has 1 fully saturated rings. The number of rotatable bonds is 2. The first-order valence-electron chi connectivity index (χ1n) is 7.98. The highest BCUT2D eigenvalue weighted by molar-refractivity contribution is 7.10. The molecule has 0 aromatic carbocycles. The van der Waals surface area contributed by atoms with Crippen molar-refractivity contribution >= 4 is 11.3 Å². The normalized spacial score (nSPS) is 24.3. The average molecular weight is 315 g/mol. The van der Waals surface area contributed by atoms with Crippen molar-refractivity contribution in [1.29, 1.82) is 0 Å². The first kappa shape index (κ1) is 14.2. The predicted octanol–water partition coefficient (Wildman–Crippen LogP) is 2.58. The van der Waals surface area contributed by atoms with Gasteiger partial charge >= 0.3 is 0 Å². The fourth-order valence-electron chi connectivity index (χ4n) is 4.01. The molecule has 0 spiro atoms. The molecule has 0 saturated carbocycles. The summed E-state index contributed by atoms with van der Waals surface area (Å²) in [6.45, 7) is 5.04. The van der Waals surface area contributed by atoms with E-state index in [1.807, 2.05) is 18.3 Å². The van der Waals surface area contributed by atoms with Crippen LogP contribution in [-0.4, -0.2) is 27.0 Å². The Balaban J connectivity index is 1.66. The van der Waals surface area contributed by atoms with Gasteiger partial charge in [-0.1, -0.05) is 0 Å². The molecule has 2 aromatic heterocycles. The van der Waals surface area contributed by atoms with Crippen molar-refractivity contribution in [2.75, 3.05) is 0 Å². The van der Waals surface area contributed by atoms with Crippen LogP contribution in [0.25, 0.3) is 0 Å². The highest BCUT2D eigenvalue weighted by Crippen LogP contribution is 2.34. The van der Waals surface area contributed by atoms with Crippen LogP contribution in [0.2, 0.25) is 0 Å². The molecule has 0 unspecified atom stereocenters. The van der Waals surface area contributed by atoms with Crippen LogP contribution in [0.5, 0.6) is 0 Å². The molecule has 0 radical (unpaired) electrons. The Morgan fingerprint density at radius 2 is 2.09 bits per heavy atom. The summed E-state index contributed by atoms with van der Waals surface area (Å²) in [4.78, 5) is 23.7. The number of aromatic amines is 1. The van der Waals surface area contributed by atoms with Gasteiger partial charge in [0.25, 0.3) is 5.56 Å². The number of thiophene rings is 1. The highest BCUT2D eigenvalue weighted by atomic mass is 32.1. The molecule has 2 aliphatic rings. The van der Waals surface area contributed by atoms with E-state index in [-0.39, 0.29) is 5.56 Å². The van der Waals surface area contributed by atoms with Gasteiger partial charge in [0.1, 0.15) is 5.82 Å². The molecule has 4 heterocycles. The van der Waals surface area contributed by atoms with Crippen molar-refractivity contribution in [1.82, 2.24) is 14.9 Å². The van der Waals surface area contributed by atoms with Crippen LogP contribution in [0.1, 0.15) is 40.4 Å². The second kappa shape index (κ2) is 5.32. The minimum atomic E-state index is 0.0707. The summed E-state index contributed by atoms with van der Waals surface area (Å²) in [6, 6.07) is 3.30. The molecule has 1 saturated heterocycles. The van der Waals surface area contributed by atoms with E-state index in [1.165, 1.54) is 23.3 Å². The summed E-state index contributed by atoms with van der Waals surface area (Å²) in [5, 5.41) is 2.27. The Labute approximate surface area is 134 Å². The minimum absolute atomic E-state index is 0.0707. The third kappa shape index (κ3) is 2.42. The van der Waals surface area contributed by atoms with Crippen LogP contribution in [0.15, 0.2) is 16.2 Å². The predicted molar refractivity (Wildman–Crippen MR) is 88.4 cm³/mol. The van der Waals surface area contributed by atoms with Gasteiger partial charge < -0.3 is 4.98 Å². The van der Waals surface area contributed by atoms with E-state index in [1.54, 1.807) is 0 Å². The molecule has 2 aliphatic heterocycles. The van der Waals surface area contributed by atoms with Crippen molar-refractivity contribution in [2.24, 2.45) is 0 Å². The van der Waals surface area contributed by atoms with E-state index in [0.29, 0.717) is 12.1 Å². The van der Waals surface area contributed by atoms with Crippen LogP contribution in [-0.2, 0) is 19.4 Å². The summed E-state index contributed by atoms with van der Waals surface area (Å²) in [5.74, 6) is 0.738. The molecule has 0 aliphatic carbocycles. The minimum Gasteiger partial charge on any atom is -0.311 e. The number of H-pyrrole nitrogens is 1. The van der Waals surface area contributed by atoms with Gasteiger partial charge in [-0.2, -0.15) is 0 Å². The van der Waals surface area contributed by atoms with E-state index in [9.17, 15) is 4.79 Å². The lowest BCUT2D eigenvalue weighted by atomic mass is 9.98. The van der Waals surface area contributed by atoms with Gasteiger partial charge in [0.15, 0.2) is 0 Å². The van der Waals surface area contributed by atoms with E-state index in [4.69, 9.17) is 0 Å². The fourth-order valence-corrected chi connectivity index (χ4v) is 4.71. The third-order valence-electron chi connectivity index (χ3n) is 5.01. The number of hydrogen-bond donors (Lipinski definition) is 1. The smallest absolute Gasteiger partial charge is 0.254 e. The molecule has 116 valence electrons. The monoisotopic (exact) mass is 315 g/mol. The van der Waals surface area contributed by atoms with Crippen LogP contribution in [0, 0.1) is 13.8 Å². The zero-order valence-electron chi connectivity index (χ0n) is 13.1. The first-order valence-corrected chi connectivity index (χ1v) is 8.86. The molecule has 5 heteroatoms. The lowest BCUT2D eigenvalue weighted by molar-refractivity contribution is 0.188. The molecule has 4 rings (SSSR count). The van der Waals surface area contributed by atoms with Gasteiger partial charge in [-0.3, -0.25) is 9.69 Å². The van der Waals surface area contributed by atoms with Crippen molar-refractivity contribution in [3.05, 3.63) is 49.3 Å². The number of fused-ring (bicyclic) bond motifs is 3. The molecule has 2 bridgehead atoms. The SMILES string of the molecule is Cc1nc2c(c(=O)[nH]1)C[C@@H]1CC[C@H](C2)N1Cc1csc(C)c1. The zero-order chi connectivity index (χ0) is 15.3. The summed E-state index contributed by atoms with van der Waals surface area (Å²) in [5.41, 5.74) is 3.43. The van der Waals surface area contributed by atoms with Crippen molar-refractivity contribution in [2.45, 2.75) is 58.2 Å². The third-order valence-corrected chi connectivity index (χ3v) is 5.92. The van der Waals surface area contributed by atoms with Crippen LogP contribution < -0.4 is 5.56 Å². The van der Waals surface area contributed by atoms with Crippen molar-refractivity contribution in [3.8, 4) is 0 Å². The molecule has 1 N–H and O–H groups in total. The lowest BCUT2D eigenvalue weighted by Crippen LogP contribution is -2.36. The Hall–Kier alpha value is -1.46. The Morgan fingerprint density at radius 3 is 2.82 bits per heavy atom. The summed E-state index contributed by atoms with van der Waals surface area (Å²) in [6.07, 6.45) is 4.18. The number of nitrogens with one attached hydrogen (secondary N) is 1. The molecule has 2 aromatic rings. The highest BCUT2D eigenvalue weighted by Gasteiger charge is 2.38. The van der Waals surface area contributed by atoms with Crippen LogP contribution >= 0.6 is 11.3 Å². The molecule has 22 heavy (non-hydrogen) atoms. The molecule has 0 amide bonds. The number of hydrogen-bond acceptors (Lipinski definition) is 4. The maximum absolute atomic E-state index is 12.3. The maximum atomic E-state index is 12.3. The van der Waals surface area contributed by atoms with E-state index in [0.717, 1.165) is 36.5 Å². The maximum Gasteiger partial charge on any atom is 0.254 e. The summed E-state index contributed by atoms with van der Waals surface area (Å²) in [7, 11) is 0. The second-order valence-corrected chi connectivity index (χ2v) is 7.72. The van der Waals surface area contributed by atoms with E-state index < -0.39 is 0 Å². The topological polar surface area (TPSA) is 49.0 Å². The molecule has 4 nitrogen and oxygen atoms in total. The number of nitrogens with zero attached hydrogens (tertiary/aromatic N) is 2. The first-order chi connectivity index (χ1) is 10.6. The van der Waals surface area contributed by atoms with E-state index in [2.05, 4.69) is 33.2 Å². The van der Waals surface area contributed by atoms with E-state index >= 15 is 0 Å². The summed E-state index contributed by atoms with van der Waals surface area (Å²) >= 11 is 1.82. The van der Waals surface area contributed by atoms with Crippen molar-refractivity contribution < 1.29 is 0 Å². The Kier molecular flexibility index (Phi) is 3.42. The van der Waals surface area contributed by atoms with Gasteiger partial charge in [0, 0.05) is 35.5 Å². The standard InChI is InChI=1S/C17H21N3OS/c1-10-5-12(9-22-10)8-20-13-3-4-14(20)7-16-15(6-13)17(21)19-11(2)18-16/h5,9,13-14H,3-4,6-8H2,1-2H3,(H,18,19,21)/t13-,14+/m0/s1. The fraction of sp³-hybridized carbons (Fsp3) is 0.529. The van der Waals surface area contributed by atoms with Gasteiger partial charge in [0.05, 0.1) is 5.69 Å². The van der Waals surface area contributed by atoms with Gasteiger partial charge in [-0.05, 0) is 50.1 Å². The second-order valence-electron chi connectivity index (χ2n) is 6.61. The van der Waals surface area contributed by atoms with Gasteiger partial charge in [0.2, 0.25) is 0 Å². The largest absolute Gasteiger partial charge is 0.311 e. The zero-order valence-corrected chi connectivity index (χ0v) is 13.9. The Morgan fingerprint density at radius 1 is 1.32 bits per heavy atom. The number of aromatic nitrogens is 2. The van der Waals surface area contributed by atoms with Crippen LogP contribution in [0.4, 0.5) is 0 Å². The quantitative estimate of drug-likeness (QED) is 0.926. The Bertz CT molecular complexity index is 764. The lowest BCUT2D eigenvalue weighted by Gasteiger charge is -2.27. The van der Waals surface area contributed by atoms with Crippen LogP contribution in [0.3, 0.4) is 0 Å². The molecule has 2 atom stereocenters. The average Bonchev–Trinajstić information content (AvgIpc) is 2.96. The number of aryl methyl sites for hydroxylation is 2.